The second-order valence-electron chi connectivity index (χ2n) is 7.77. The molecule has 0 unspecified atom stereocenters. The molecule has 1 aliphatic rings. The van der Waals surface area contributed by atoms with Gasteiger partial charge in [0, 0.05) is 44.3 Å². The number of aromatic nitrogens is 2. The van der Waals surface area contributed by atoms with Crippen molar-refractivity contribution in [3.8, 4) is 0 Å². The third kappa shape index (κ3) is 5.56. The Morgan fingerprint density at radius 3 is 2.39 bits per heavy atom. The highest BCUT2D eigenvalue weighted by molar-refractivity contribution is 6.30. The van der Waals surface area contributed by atoms with E-state index in [4.69, 9.17) is 11.6 Å². The first-order valence-electron chi connectivity index (χ1n) is 9.92. The lowest BCUT2D eigenvalue weighted by Gasteiger charge is -2.34. The summed E-state index contributed by atoms with van der Waals surface area (Å²) in [6.07, 6.45) is 0. The summed E-state index contributed by atoms with van der Waals surface area (Å²) in [5.41, 5.74) is 3.27. The van der Waals surface area contributed by atoms with Crippen molar-refractivity contribution in [3.63, 3.8) is 0 Å². The van der Waals surface area contributed by atoms with Gasteiger partial charge in [0.1, 0.15) is 5.15 Å². The summed E-state index contributed by atoms with van der Waals surface area (Å²) in [5.74, 6) is 0.101. The minimum atomic E-state index is 0.101. The third-order valence-electron chi connectivity index (χ3n) is 5.02. The number of carbonyl (C=O) groups excluding carboxylic acids is 1. The van der Waals surface area contributed by atoms with Crippen LogP contribution < -0.4 is 5.32 Å². The van der Waals surface area contributed by atoms with Crippen LogP contribution in [0.4, 0.5) is 0 Å². The minimum Gasteiger partial charge on any atom is -0.353 e. The molecule has 1 aliphatic heterocycles. The van der Waals surface area contributed by atoms with Crippen LogP contribution in [-0.4, -0.2) is 64.3 Å². The van der Waals surface area contributed by atoms with Gasteiger partial charge in [-0.15, -0.1) is 0 Å². The van der Waals surface area contributed by atoms with Gasteiger partial charge in [-0.05, 0) is 26.3 Å². The molecule has 1 aromatic heterocycles. The van der Waals surface area contributed by atoms with Crippen LogP contribution in [0.15, 0.2) is 30.3 Å². The van der Waals surface area contributed by atoms with Crippen LogP contribution in [0.3, 0.4) is 0 Å². The first-order chi connectivity index (χ1) is 13.4. The van der Waals surface area contributed by atoms with Crippen molar-refractivity contribution in [1.29, 1.82) is 0 Å². The van der Waals surface area contributed by atoms with E-state index in [0.29, 0.717) is 13.1 Å². The highest BCUT2D eigenvalue weighted by Crippen LogP contribution is 2.23. The molecule has 1 aromatic carbocycles. The molecule has 1 saturated heterocycles. The average molecular weight is 404 g/mol. The normalized spacial score (nSPS) is 15.9. The monoisotopic (exact) mass is 403 g/mol. The highest BCUT2D eigenvalue weighted by atomic mass is 35.5. The van der Waals surface area contributed by atoms with Crippen LogP contribution in [0.5, 0.6) is 0 Å². The molecule has 1 amide bonds. The molecule has 0 spiro atoms. The minimum absolute atomic E-state index is 0.101. The van der Waals surface area contributed by atoms with E-state index in [1.807, 2.05) is 43.7 Å². The summed E-state index contributed by atoms with van der Waals surface area (Å²) < 4.78 is 1.88. The standard InChI is InChI=1S/C21H30ClN5O/c1-16(2)23-20(28)15-26-11-9-25(10-12-26)14-19-17(3)24-27(21(19)22)13-18-7-5-4-6-8-18/h4-8,16H,9-15H2,1-3H3,(H,23,28). The lowest BCUT2D eigenvalue weighted by Crippen LogP contribution is -2.49. The van der Waals surface area contributed by atoms with E-state index in [1.54, 1.807) is 0 Å². The maximum atomic E-state index is 11.9. The van der Waals surface area contributed by atoms with Gasteiger partial charge >= 0.3 is 0 Å². The highest BCUT2D eigenvalue weighted by Gasteiger charge is 2.22. The number of hydrogen-bond donors (Lipinski definition) is 1. The molecule has 6 nitrogen and oxygen atoms in total. The number of rotatable bonds is 7. The topological polar surface area (TPSA) is 53.4 Å². The molecule has 0 bridgehead atoms. The first kappa shape index (κ1) is 20.8. The largest absolute Gasteiger partial charge is 0.353 e. The number of nitrogens with zero attached hydrogens (tertiary/aromatic N) is 4. The Balaban J connectivity index is 1.54. The molecule has 2 aromatic rings. The number of benzene rings is 1. The first-order valence-corrected chi connectivity index (χ1v) is 10.3. The Labute approximate surface area is 172 Å². The number of carbonyl (C=O) groups is 1. The number of amides is 1. The van der Waals surface area contributed by atoms with E-state index < -0.39 is 0 Å². The molecule has 0 saturated carbocycles. The van der Waals surface area contributed by atoms with Crippen molar-refractivity contribution in [3.05, 3.63) is 52.3 Å². The molecule has 152 valence electrons. The molecule has 28 heavy (non-hydrogen) atoms. The van der Waals surface area contributed by atoms with Crippen LogP contribution in [0.1, 0.15) is 30.7 Å². The summed E-state index contributed by atoms with van der Waals surface area (Å²) in [6, 6.07) is 10.4. The maximum absolute atomic E-state index is 11.9. The Hall–Kier alpha value is -1.89. The van der Waals surface area contributed by atoms with Crippen molar-refractivity contribution in [2.45, 2.75) is 39.9 Å². The maximum Gasteiger partial charge on any atom is 0.234 e. The van der Waals surface area contributed by atoms with Gasteiger partial charge in [0.05, 0.1) is 18.8 Å². The van der Waals surface area contributed by atoms with Crippen LogP contribution in [0.25, 0.3) is 0 Å². The van der Waals surface area contributed by atoms with Gasteiger partial charge in [-0.2, -0.15) is 5.10 Å². The van der Waals surface area contributed by atoms with Crippen molar-refractivity contribution in [2.75, 3.05) is 32.7 Å². The van der Waals surface area contributed by atoms with Gasteiger partial charge in [0.15, 0.2) is 0 Å². The summed E-state index contributed by atoms with van der Waals surface area (Å²) in [7, 11) is 0. The molecule has 0 atom stereocenters. The van der Waals surface area contributed by atoms with Crippen LogP contribution >= 0.6 is 11.6 Å². The van der Waals surface area contributed by atoms with Gasteiger partial charge in [-0.1, -0.05) is 41.9 Å². The van der Waals surface area contributed by atoms with E-state index in [9.17, 15) is 4.79 Å². The molecule has 1 N–H and O–H groups in total. The fourth-order valence-electron chi connectivity index (χ4n) is 3.53. The average Bonchev–Trinajstić information content (AvgIpc) is 2.91. The van der Waals surface area contributed by atoms with Gasteiger partial charge in [-0.3, -0.25) is 14.6 Å². The van der Waals surface area contributed by atoms with E-state index >= 15 is 0 Å². The number of halogens is 1. The van der Waals surface area contributed by atoms with Gasteiger partial charge in [-0.25, -0.2) is 4.68 Å². The number of aryl methyl sites for hydroxylation is 1. The van der Waals surface area contributed by atoms with Crippen molar-refractivity contribution in [1.82, 2.24) is 24.9 Å². The molecular weight excluding hydrogens is 374 g/mol. The zero-order valence-corrected chi connectivity index (χ0v) is 17.7. The predicted molar refractivity (Wildman–Crippen MR) is 113 cm³/mol. The van der Waals surface area contributed by atoms with Gasteiger partial charge in [0.25, 0.3) is 0 Å². The quantitative estimate of drug-likeness (QED) is 0.771. The zero-order valence-electron chi connectivity index (χ0n) is 17.0. The molecular formula is C21H30ClN5O. The van der Waals surface area contributed by atoms with Crippen LogP contribution in [0, 0.1) is 6.92 Å². The number of hydrogen-bond acceptors (Lipinski definition) is 4. The molecule has 1 fully saturated rings. The summed E-state index contributed by atoms with van der Waals surface area (Å²) in [6.45, 7) is 11.6. The van der Waals surface area contributed by atoms with Crippen molar-refractivity contribution < 1.29 is 4.79 Å². The summed E-state index contributed by atoms with van der Waals surface area (Å²) >= 11 is 6.66. The molecule has 0 radical (unpaired) electrons. The SMILES string of the molecule is Cc1nn(Cc2ccccc2)c(Cl)c1CN1CCN(CC(=O)NC(C)C)CC1. The van der Waals surface area contributed by atoms with E-state index in [0.717, 1.165) is 49.1 Å². The Morgan fingerprint density at radius 1 is 1.11 bits per heavy atom. The van der Waals surface area contributed by atoms with Gasteiger partial charge < -0.3 is 5.32 Å². The molecule has 0 aliphatic carbocycles. The fourth-order valence-corrected chi connectivity index (χ4v) is 3.83. The van der Waals surface area contributed by atoms with Crippen molar-refractivity contribution in [2.24, 2.45) is 0 Å². The third-order valence-corrected chi connectivity index (χ3v) is 5.44. The smallest absolute Gasteiger partial charge is 0.234 e. The Kier molecular flexibility index (Phi) is 7.10. The second-order valence-corrected chi connectivity index (χ2v) is 8.13. The zero-order chi connectivity index (χ0) is 20.1. The Bertz CT molecular complexity index is 782. The van der Waals surface area contributed by atoms with Crippen LogP contribution in [0.2, 0.25) is 5.15 Å². The summed E-state index contributed by atoms with van der Waals surface area (Å²) in [5, 5.41) is 8.33. The number of nitrogens with one attached hydrogen (secondary N) is 1. The summed E-state index contributed by atoms with van der Waals surface area (Å²) in [4.78, 5) is 16.5. The molecule has 3 rings (SSSR count). The lowest BCUT2D eigenvalue weighted by atomic mass is 10.2. The Morgan fingerprint density at radius 2 is 1.75 bits per heavy atom. The second kappa shape index (κ2) is 9.54. The number of piperazine rings is 1. The van der Waals surface area contributed by atoms with Crippen molar-refractivity contribution >= 4 is 17.5 Å². The lowest BCUT2D eigenvalue weighted by molar-refractivity contribution is -0.123. The fraction of sp³-hybridized carbons (Fsp3) is 0.524. The van der Waals surface area contributed by atoms with E-state index in [2.05, 4.69) is 32.3 Å². The molecule has 7 heteroatoms. The van der Waals surface area contributed by atoms with Crippen LogP contribution in [-0.2, 0) is 17.9 Å². The predicted octanol–water partition coefficient (Wildman–Crippen LogP) is 2.54. The van der Waals surface area contributed by atoms with Gasteiger partial charge in [0.2, 0.25) is 5.91 Å². The molecule has 2 heterocycles. The van der Waals surface area contributed by atoms with E-state index in [1.165, 1.54) is 5.56 Å². The van der Waals surface area contributed by atoms with E-state index in [-0.39, 0.29) is 11.9 Å².